The summed E-state index contributed by atoms with van der Waals surface area (Å²) in [5, 5.41) is 7.33. The Hall–Kier alpha value is -2.57. The number of rotatable bonds is 2. The number of carbonyl (C=O) groups is 2. The molecule has 92 valence electrons. The highest BCUT2D eigenvalue weighted by Gasteiger charge is 2.10. The van der Waals surface area contributed by atoms with Gasteiger partial charge in [0.2, 0.25) is 0 Å². The Morgan fingerprint density at radius 3 is 2.61 bits per heavy atom. The number of nitrogens with zero attached hydrogens (tertiary/aromatic N) is 3. The van der Waals surface area contributed by atoms with Crippen molar-refractivity contribution in [3.63, 3.8) is 0 Å². The van der Waals surface area contributed by atoms with Crippen molar-refractivity contribution in [1.82, 2.24) is 15.2 Å². The van der Waals surface area contributed by atoms with E-state index in [2.05, 4.69) is 15.1 Å². The van der Waals surface area contributed by atoms with Crippen molar-refractivity contribution in [3.8, 4) is 0 Å². The van der Waals surface area contributed by atoms with E-state index in [9.17, 15) is 14.4 Å². The summed E-state index contributed by atoms with van der Waals surface area (Å²) in [5.41, 5.74) is 0.0636. The zero-order valence-corrected chi connectivity index (χ0v) is 9.71. The molecule has 18 heavy (non-hydrogen) atoms. The predicted molar refractivity (Wildman–Crippen MR) is 61.1 cm³/mol. The summed E-state index contributed by atoms with van der Waals surface area (Å²) in [6, 6.07) is 4.46. The monoisotopic (exact) mass is 247 g/mol. The summed E-state index contributed by atoms with van der Waals surface area (Å²) < 4.78 is 0. The number of ketones is 1. The molecule has 0 fully saturated rings. The average Bonchev–Trinajstić information content (AvgIpc) is 2.32. The van der Waals surface area contributed by atoms with Crippen molar-refractivity contribution in [2.75, 3.05) is 0 Å². The van der Waals surface area contributed by atoms with Gasteiger partial charge >= 0.3 is 11.5 Å². The van der Waals surface area contributed by atoms with Crippen molar-refractivity contribution in [2.45, 2.75) is 13.8 Å². The topological polar surface area (TPSA) is 91.2 Å². The molecule has 1 heterocycles. The van der Waals surface area contributed by atoms with E-state index in [1.807, 2.05) is 0 Å². The largest absolute Gasteiger partial charge is 0.332 e. The van der Waals surface area contributed by atoms with Crippen molar-refractivity contribution in [2.24, 2.45) is 0 Å². The molecule has 1 aromatic heterocycles. The molecule has 0 saturated heterocycles. The average molecular weight is 247 g/mol. The van der Waals surface area contributed by atoms with Gasteiger partial charge in [-0.2, -0.15) is 0 Å². The second-order valence-corrected chi connectivity index (χ2v) is 3.64. The van der Waals surface area contributed by atoms with E-state index in [-0.39, 0.29) is 11.2 Å². The van der Waals surface area contributed by atoms with Crippen LogP contribution in [0, 0.1) is 0 Å². The lowest BCUT2D eigenvalue weighted by atomic mass is 10.1. The minimum atomic E-state index is -0.687. The summed E-state index contributed by atoms with van der Waals surface area (Å²) in [4.78, 5) is 39.0. The molecule has 0 atom stereocenters. The van der Waals surface area contributed by atoms with Crippen LogP contribution in [0.5, 0.6) is 0 Å². The van der Waals surface area contributed by atoms with Crippen LogP contribution in [0.25, 0.3) is 10.9 Å². The number of hydrogen-bond acceptors (Lipinski definition) is 6. The first-order chi connectivity index (χ1) is 8.49. The number of Topliss-reactive ketones (excluding diaryl/α,β-unsaturated/α-hetero) is 1. The molecule has 0 saturated carbocycles. The fraction of sp³-hybridized carbons (Fsp3) is 0.182. The Labute approximate surface area is 101 Å². The van der Waals surface area contributed by atoms with Crippen LogP contribution in [0.3, 0.4) is 0 Å². The van der Waals surface area contributed by atoms with Crippen LogP contribution in [0.4, 0.5) is 0 Å². The molecule has 0 aliphatic carbocycles. The van der Waals surface area contributed by atoms with E-state index < -0.39 is 11.5 Å². The second-order valence-electron chi connectivity index (χ2n) is 3.64. The smallest absolute Gasteiger partial charge is 0.314 e. The lowest BCUT2D eigenvalue weighted by molar-refractivity contribution is -0.144. The van der Waals surface area contributed by atoms with Gasteiger partial charge in [0.15, 0.2) is 5.78 Å². The van der Waals surface area contributed by atoms with Gasteiger partial charge in [0.1, 0.15) is 5.52 Å². The second kappa shape index (κ2) is 4.36. The SMILES string of the molecule is CC(=O)On1nnc2ccc(C(C)=O)cc2c1=O. The highest BCUT2D eigenvalue weighted by molar-refractivity contribution is 5.97. The maximum Gasteiger partial charge on any atom is 0.332 e. The molecule has 0 spiro atoms. The van der Waals surface area contributed by atoms with E-state index in [0.717, 1.165) is 6.92 Å². The summed E-state index contributed by atoms with van der Waals surface area (Å²) in [5.74, 6) is -0.861. The predicted octanol–water partition coefficient (Wildman–Crippen LogP) is -0.0308. The quantitative estimate of drug-likeness (QED) is 0.546. The highest BCUT2D eigenvalue weighted by atomic mass is 16.7. The van der Waals surface area contributed by atoms with E-state index in [1.165, 1.54) is 19.1 Å². The fourth-order valence-corrected chi connectivity index (χ4v) is 1.43. The third-order valence-electron chi connectivity index (χ3n) is 2.26. The van der Waals surface area contributed by atoms with Gasteiger partial charge in [-0.15, -0.1) is 5.10 Å². The first-order valence-electron chi connectivity index (χ1n) is 5.08. The van der Waals surface area contributed by atoms with Gasteiger partial charge < -0.3 is 4.84 Å². The van der Waals surface area contributed by atoms with Crippen LogP contribution < -0.4 is 10.4 Å². The van der Waals surface area contributed by atoms with Gasteiger partial charge in [0.05, 0.1) is 5.39 Å². The highest BCUT2D eigenvalue weighted by Crippen LogP contribution is 2.09. The van der Waals surface area contributed by atoms with Crippen LogP contribution in [0.2, 0.25) is 0 Å². The van der Waals surface area contributed by atoms with Crippen LogP contribution >= 0.6 is 0 Å². The Bertz CT molecular complexity index is 705. The third kappa shape index (κ3) is 2.10. The van der Waals surface area contributed by atoms with Gasteiger partial charge in [-0.05, 0) is 35.2 Å². The molecule has 0 bridgehead atoms. The van der Waals surface area contributed by atoms with E-state index in [1.54, 1.807) is 6.07 Å². The first-order valence-corrected chi connectivity index (χ1v) is 5.08. The van der Waals surface area contributed by atoms with E-state index in [4.69, 9.17) is 0 Å². The summed E-state index contributed by atoms with van der Waals surface area (Å²) in [6.45, 7) is 2.53. The Morgan fingerprint density at radius 1 is 1.28 bits per heavy atom. The molecule has 0 radical (unpaired) electrons. The minimum Gasteiger partial charge on any atom is -0.314 e. The van der Waals surface area contributed by atoms with Crippen molar-refractivity contribution in [3.05, 3.63) is 34.1 Å². The molecular weight excluding hydrogens is 238 g/mol. The maximum absolute atomic E-state index is 11.9. The lowest BCUT2D eigenvalue weighted by Gasteiger charge is -2.03. The summed E-state index contributed by atoms with van der Waals surface area (Å²) in [7, 11) is 0. The van der Waals surface area contributed by atoms with E-state index in [0.29, 0.717) is 15.9 Å². The van der Waals surface area contributed by atoms with Gasteiger partial charge in [-0.3, -0.25) is 9.59 Å². The Balaban J connectivity index is 2.67. The van der Waals surface area contributed by atoms with Gasteiger partial charge in [-0.25, -0.2) is 4.79 Å². The number of aromatic nitrogens is 3. The zero-order valence-electron chi connectivity index (χ0n) is 9.71. The number of hydrogen-bond donors (Lipinski definition) is 0. The zero-order chi connectivity index (χ0) is 13.3. The Kier molecular flexibility index (Phi) is 2.88. The van der Waals surface area contributed by atoms with Gasteiger partial charge in [0, 0.05) is 12.5 Å². The maximum atomic E-state index is 11.9. The molecule has 1 aromatic carbocycles. The lowest BCUT2D eigenvalue weighted by Crippen LogP contribution is -2.32. The number of carbonyl (C=O) groups excluding carboxylic acids is 2. The standard InChI is InChI=1S/C11H9N3O4/c1-6(15)8-3-4-10-9(5-8)11(17)14(13-12-10)18-7(2)16/h3-5H,1-2H3. The third-order valence-corrected chi connectivity index (χ3v) is 2.26. The molecule has 0 unspecified atom stereocenters. The normalized spacial score (nSPS) is 10.3. The Morgan fingerprint density at radius 2 is 2.00 bits per heavy atom. The van der Waals surface area contributed by atoms with Crippen molar-refractivity contribution >= 4 is 22.7 Å². The van der Waals surface area contributed by atoms with Crippen molar-refractivity contribution in [1.29, 1.82) is 0 Å². The number of benzene rings is 1. The minimum absolute atomic E-state index is 0.166. The molecule has 2 rings (SSSR count). The molecule has 0 N–H and O–H groups in total. The molecule has 0 aliphatic heterocycles. The molecule has 7 heteroatoms. The molecule has 7 nitrogen and oxygen atoms in total. The van der Waals surface area contributed by atoms with E-state index >= 15 is 0 Å². The van der Waals surface area contributed by atoms with Crippen LogP contribution in [0.1, 0.15) is 24.2 Å². The summed E-state index contributed by atoms with van der Waals surface area (Å²) >= 11 is 0. The first kappa shape index (κ1) is 11.9. The van der Waals surface area contributed by atoms with Crippen LogP contribution in [0.15, 0.2) is 23.0 Å². The number of fused-ring (bicyclic) bond motifs is 1. The van der Waals surface area contributed by atoms with Gasteiger partial charge in [-0.1, -0.05) is 0 Å². The van der Waals surface area contributed by atoms with Crippen LogP contribution in [-0.2, 0) is 4.79 Å². The van der Waals surface area contributed by atoms with Crippen LogP contribution in [-0.4, -0.2) is 26.9 Å². The fourth-order valence-electron chi connectivity index (χ4n) is 1.43. The summed E-state index contributed by atoms with van der Waals surface area (Å²) in [6.07, 6.45) is 0. The molecule has 0 amide bonds. The molecule has 0 aliphatic rings. The molecule has 2 aromatic rings. The van der Waals surface area contributed by atoms with Crippen molar-refractivity contribution < 1.29 is 14.4 Å². The van der Waals surface area contributed by atoms with Gasteiger partial charge in [0.25, 0.3) is 0 Å². The molecular formula is C11H9N3O4.